The van der Waals surface area contributed by atoms with Crippen molar-refractivity contribution >= 4 is 0 Å². The summed E-state index contributed by atoms with van der Waals surface area (Å²) in [6, 6.07) is 0. The summed E-state index contributed by atoms with van der Waals surface area (Å²) in [6.45, 7) is 6.66. The normalized spacial score (nSPS) is 15.5. The molecular weight excluding hydrogens is 160 g/mol. The molecule has 0 saturated carbocycles. The molecule has 12 heavy (non-hydrogen) atoms. The van der Waals surface area contributed by atoms with E-state index in [0.29, 0.717) is 13.2 Å². The Bertz CT molecular complexity index is 61.8. The molecule has 0 N–H and O–H groups in total. The lowest BCUT2D eigenvalue weighted by molar-refractivity contribution is -0.509. The van der Waals surface area contributed by atoms with Gasteiger partial charge in [0.15, 0.2) is 0 Å². The first kappa shape index (κ1) is 11.8. The van der Waals surface area contributed by atoms with Crippen molar-refractivity contribution in [1.29, 1.82) is 0 Å². The fourth-order valence-corrected chi connectivity index (χ4v) is 0.641. The van der Waals surface area contributed by atoms with Gasteiger partial charge in [0.05, 0.1) is 13.2 Å². The lowest BCUT2D eigenvalue weighted by atomic mass is 10.4. The Balaban J connectivity index is 0.000000211. The van der Waals surface area contributed by atoms with E-state index < -0.39 is 0 Å². The smallest absolute Gasteiger partial charge is 0.0825 e. The molecule has 0 bridgehead atoms. The van der Waals surface area contributed by atoms with Crippen LogP contribution in [-0.4, -0.2) is 26.4 Å². The van der Waals surface area contributed by atoms with Gasteiger partial charge >= 0.3 is 0 Å². The average Bonchev–Trinajstić information content (AvgIpc) is 2.62. The van der Waals surface area contributed by atoms with Gasteiger partial charge in [0, 0.05) is 13.2 Å². The van der Waals surface area contributed by atoms with E-state index in [1.54, 1.807) is 0 Å². The van der Waals surface area contributed by atoms with E-state index in [2.05, 4.69) is 14.8 Å². The van der Waals surface area contributed by atoms with Crippen molar-refractivity contribution in [2.45, 2.75) is 26.7 Å². The van der Waals surface area contributed by atoms with E-state index in [1.165, 1.54) is 12.8 Å². The van der Waals surface area contributed by atoms with Crippen molar-refractivity contribution in [3.63, 3.8) is 0 Å². The quantitative estimate of drug-likeness (QED) is 0.373. The molecule has 1 rings (SSSR count). The van der Waals surface area contributed by atoms with Crippen LogP contribution in [0.1, 0.15) is 26.7 Å². The Morgan fingerprint density at radius 1 is 1.00 bits per heavy atom. The molecule has 0 aromatic rings. The molecule has 1 heterocycles. The van der Waals surface area contributed by atoms with Crippen LogP contribution in [0.2, 0.25) is 0 Å². The standard InChI is InChI=1S/C4H10O3.C4H8O/c1-3-5-7-6-4-2;1-2-4-5-3-1/h3-4H2,1-2H3;1-4H2. The largest absolute Gasteiger partial charge is 0.381 e. The molecule has 0 radical (unpaired) electrons. The summed E-state index contributed by atoms with van der Waals surface area (Å²) in [6.07, 6.45) is 2.56. The molecular formula is C8H18O4. The van der Waals surface area contributed by atoms with Crippen molar-refractivity contribution in [3.8, 4) is 0 Å². The summed E-state index contributed by atoms with van der Waals surface area (Å²) in [5.41, 5.74) is 0. The zero-order valence-corrected chi connectivity index (χ0v) is 7.88. The molecule has 0 unspecified atom stereocenters. The van der Waals surface area contributed by atoms with Crippen LogP contribution < -0.4 is 0 Å². The van der Waals surface area contributed by atoms with E-state index in [1.807, 2.05) is 13.8 Å². The van der Waals surface area contributed by atoms with E-state index in [9.17, 15) is 0 Å². The van der Waals surface area contributed by atoms with Crippen LogP contribution >= 0.6 is 0 Å². The highest BCUT2D eigenvalue weighted by Gasteiger charge is 1.94. The lowest BCUT2D eigenvalue weighted by Crippen LogP contribution is -1.94. The molecule has 1 saturated heterocycles. The fraction of sp³-hybridized carbons (Fsp3) is 1.00. The Labute approximate surface area is 73.6 Å². The van der Waals surface area contributed by atoms with Gasteiger partial charge in [0.2, 0.25) is 0 Å². The number of hydrogen-bond acceptors (Lipinski definition) is 4. The molecule has 0 spiro atoms. The van der Waals surface area contributed by atoms with Crippen LogP contribution in [0.3, 0.4) is 0 Å². The van der Waals surface area contributed by atoms with E-state index in [4.69, 9.17) is 4.74 Å². The van der Waals surface area contributed by atoms with Gasteiger partial charge in [-0.25, -0.2) is 9.78 Å². The Morgan fingerprint density at radius 2 is 1.50 bits per heavy atom. The van der Waals surface area contributed by atoms with Crippen molar-refractivity contribution in [2.24, 2.45) is 0 Å². The lowest BCUT2D eigenvalue weighted by Gasteiger charge is -1.94. The van der Waals surface area contributed by atoms with Gasteiger partial charge in [-0.3, -0.25) is 0 Å². The highest BCUT2D eigenvalue weighted by atomic mass is 17.5. The predicted octanol–water partition coefficient (Wildman–Crippen LogP) is 1.70. The zero-order valence-electron chi connectivity index (χ0n) is 7.88. The zero-order chi connectivity index (χ0) is 9.07. The van der Waals surface area contributed by atoms with Gasteiger partial charge in [0.25, 0.3) is 0 Å². The van der Waals surface area contributed by atoms with Gasteiger partial charge < -0.3 is 4.74 Å². The minimum Gasteiger partial charge on any atom is -0.381 e. The number of hydrogen-bond donors (Lipinski definition) is 0. The second kappa shape index (κ2) is 10.8. The monoisotopic (exact) mass is 178 g/mol. The molecule has 4 nitrogen and oxygen atoms in total. The third kappa shape index (κ3) is 9.84. The highest BCUT2D eigenvalue weighted by Crippen LogP contribution is 1.98. The summed E-state index contributed by atoms with van der Waals surface area (Å²) < 4.78 is 4.94. The maximum Gasteiger partial charge on any atom is 0.0825 e. The number of ether oxygens (including phenoxy) is 1. The summed E-state index contributed by atoms with van der Waals surface area (Å²) in [5, 5.41) is 4.13. The highest BCUT2D eigenvalue weighted by molar-refractivity contribution is 4.43. The van der Waals surface area contributed by atoms with Crippen LogP contribution in [0.25, 0.3) is 0 Å². The Hall–Kier alpha value is -0.160. The number of rotatable bonds is 4. The first-order chi connectivity index (χ1) is 5.91. The predicted molar refractivity (Wildman–Crippen MR) is 44.4 cm³/mol. The SMILES string of the molecule is C1CCOC1.CCOOOCC. The van der Waals surface area contributed by atoms with Crippen LogP contribution in [0.4, 0.5) is 0 Å². The average molecular weight is 178 g/mol. The van der Waals surface area contributed by atoms with E-state index in [0.717, 1.165) is 13.2 Å². The van der Waals surface area contributed by atoms with Crippen LogP contribution in [0, 0.1) is 0 Å². The van der Waals surface area contributed by atoms with Gasteiger partial charge in [-0.05, 0) is 26.7 Å². The molecule has 0 atom stereocenters. The first-order valence-electron chi connectivity index (χ1n) is 4.40. The first-order valence-corrected chi connectivity index (χ1v) is 4.40. The molecule has 1 fully saturated rings. The minimum atomic E-state index is 0.514. The summed E-state index contributed by atoms with van der Waals surface area (Å²) >= 11 is 0. The Morgan fingerprint density at radius 3 is 1.75 bits per heavy atom. The maximum absolute atomic E-state index is 4.94. The molecule has 74 valence electrons. The fourth-order valence-electron chi connectivity index (χ4n) is 0.641. The van der Waals surface area contributed by atoms with Crippen LogP contribution in [-0.2, 0) is 19.6 Å². The van der Waals surface area contributed by atoms with Crippen molar-refractivity contribution in [3.05, 3.63) is 0 Å². The minimum absolute atomic E-state index is 0.514. The van der Waals surface area contributed by atoms with Crippen molar-refractivity contribution in [1.82, 2.24) is 0 Å². The molecule has 0 aliphatic carbocycles. The summed E-state index contributed by atoms with van der Waals surface area (Å²) in [7, 11) is 0. The molecule has 0 aromatic carbocycles. The second-order valence-corrected chi connectivity index (χ2v) is 2.20. The van der Waals surface area contributed by atoms with Crippen molar-refractivity contribution in [2.75, 3.05) is 26.4 Å². The van der Waals surface area contributed by atoms with E-state index in [-0.39, 0.29) is 0 Å². The second-order valence-electron chi connectivity index (χ2n) is 2.20. The molecule has 0 amide bonds. The van der Waals surface area contributed by atoms with Crippen molar-refractivity contribution < 1.29 is 19.6 Å². The maximum atomic E-state index is 4.94. The summed E-state index contributed by atoms with van der Waals surface area (Å²) in [5.74, 6) is 0. The van der Waals surface area contributed by atoms with Crippen LogP contribution in [0.15, 0.2) is 0 Å². The third-order valence-electron chi connectivity index (χ3n) is 1.16. The Kier molecular flexibility index (Phi) is 10.7. The van der Waals surface area contributed by atoms with Gasteiger partial charge in [-0.1, -0.05) is 5.04 Å². The van der Waals surface area contributed by atoms with Gasteiger partial charge in [-0.2, -0.15) is 0 Å². The third-order valence-corrected chi connectivity index (χ3v) is 1.16. The van der Waals surface area contributed by atoms with E-state index >= 15 is 0 Å². The van der Waals surface area contributed by atoms with Gasteiger partial charge in [-0.15, -0.1) is 0 Å². The topological polar surface area (TPSA) is 36.9 Å². The van der Waals surface area contributed by atoms with Gasteiger partial charge in [0.1, 0.15) is 0 Å². The van der Waals surface area contributed by atoms with Crippen LogP contribution in [0.5, 0.6) is 0 Å². The molecule has 4 heteroatoms. The molecule has 1 aliphatic rings. The summed E-state index contributed by atoms with van der Waals surface area (Å²) in [4.78, 5) is 8.70. The molecule has 1 aliphatic heterocycles. The molecule has 0 aromatic heterocycles.